The van der Waals surface area contributed by atoms with E-state index in [1.165, 1.54) is 5.92 Å². The topological polar surface area (TPSA) is 18.5 Å². The van der Waals surface area contributed by atoms with Crippen LogP contribution in [0.5, 0.6) is 0 Å². The van der Waals surface area contributed by atoms with E-state index in [4.69, 9.17) is 9.47 Å². The molecule has 0 aromatic rings. The van der Waals surface area contributed by atoms with Crippen molar-refractivity contribution in [2.24, 2.45) is 0 Å². The monoisotopic (exact) mass is 173 g/mol. The minimum atomic E-state index is -0.0993. The van der Waals surface area contributed by atoms with E-state index in [2.05, 4.69) is 27.7 Å². The van der Waals surface area contributed by atoms with Crippen LogP contribution < -0.4 is 0 Å². The van der Waals surface area contributed by atoms with Gasteiger partial charge in [-0.3, -0.25) is 0 Å². The first-order valence-electron chi connectivity index (χ1n) is 4.31. The van der Waals surface area contributed by atoms with Crippen LogP contribution >= 0.6 is 0 Å². The van der Waals surface area contributed by atoms with Crippen molar-refractivity contribution in [2.75, 3.05) is 14.2 Å². The molecule has 0 saturated heterocycles. The highest BCUT2D eigenvalue weighted by atomic mass is 16.5. The quantitative estimate of drug-likeness (QED) is 0.635. The third kappa shape index (κ3) is 4.07. The zero-order valence-corrected chi connectivity index (χ0v) is 9.10. The van der Waals surface area contributed by atoms with E-state index in [0.717, 1.165) is 6.42 Å². The fraction of sp³-hybridized carbons (Fsp3) is 0.900. The van der Waals surface area contributed by atoms with Crippen LogP contribution in [0.2, 0.25) is 0 Å². The highest BCUT2D eigenvalue weighted by molar-refractivity contribution is 4.92. The summed E-state index contributed by atoms with van der Waals surface area (Å²) in [7, 11) is 3.47. The molecule has 0 aromatic carbocycles. The molecule has 0 aliphatic heterocycles. The van der Waals surface area contributed by atoms with Gasteiger partial charge < -0.3 is 9.47 Å². The average molecular weight is 173 g/mol. The van der Waals surface area contributed by atoms with Gasteiger partial charge in [0.25, 0.3) is 0 Å². The van der Waals surface area contributed by atoms with E-state index >= 15 is 0 Å². The minimum absolute atomic E-state index is 0.0993. The maximum Gasteiger partial charge on any atom is 0.0655 e. The number of methoxy groups -OCH3 is 2. The van der Waals surface area contributed by atoms with Gasteiger partial charge in [0.2, 0.25) is 0 Å². The first-order chi connectivity index (χ1) is 5.43. The summed E-state index contributed by atoms with van der Waals surface area (Å²) in [6.45, 7) is 8.31. The molecule has 0 rings (SSSR count). The predicted octanol–water partition coefficient (Wildman–Crippen LogP) is 2.43. The van der Waals surface area contributed by atoms with E-state index < -0.39 is 0 Å². The maximum atomic E-state index is 5.33. The van der Waals surface area contributed by atoms with Crippen LogP contribution in [0.15, 0.2) is 0 Å². The summed E-state index contributed by atoms with van der Waals surface area (Å²) < 4.78 is 10.7. The summed E-state index contributed by atoms with van der Waals surface area (Å²) in [6.07, 6.45) is 1.11. The molecule has 73 valence electrons. The van der Waals surface area contributed by atoms with Crippen molar-refractivity contribution in [1.29, 1.82) is 0 Å². The molecule has 0 heterocycles. The molecule has 0 aliphatic carbocycles. The Morgan fingerprint density at radius 2 is 1.75 bits per heavy atom. The van der Waals surface area contributed by atoms with Crippen LogP contribution in [0.3, 0.4) is 0 Å². The Hall–Kier alpha value is -0.0800. The zero-order chi connectivity index (χ0) is 9.78. The Kier molecular flexibility index (Phi) is 4.80. The maximum absolute atomic E-state index is 5.33. The van der Waals surface area contributed by atoms with Crippen LogP contribution in [0.25, 0.3) is 0 Å². The lowest BCUT2D eigenvalue weighted by atomic mass is 9.94. The molecule has 1 unspecified atom stereocenters. The standard InChI is InChI=1S/C10H21O2/c1-8(2)9(11-5)7-10(3,4)12-6/h9H,7H2,1-6H3. The first-order valence-corrected chi connectivity index (χ1v) is 4.31. The molecule has 0 N–H and O–H groups in total. The van der Waals surface area contributed by atoms with Gasteiger partial charge in [-0.25, -0.2) is 0 Å². The van der Waals surface area contributed by atoms with Crippen LogP contribution in [-0.4, -0.2) is 25.9 Å². The molecule has 0 aliphatic rings. The Morgan fingerprint density at radius 1 is 1.25 bits per heavy atom. The zero-order valence-electron chi connectivity index (χ0n) is 9.10. The van der Waals surface area contributed by atoms with Gasteiger partial charge >= 0.3 is 0 Å². The van der Waals surface area contributed by atoms with Crippen molar-refractivity contribution in [3.8, 4) is 0 Å². The summed E-state index contributed by atoms with van der Waals surface area (Å²) in [4.78, 5) is 0. The lowest BCUT2D eigenvalue weighted by molar-refractivity contribution is -0.0268. The van der Waals surface area contributed by atoms with E-state index in [9.17, 15) is 0 Å². The number of hydrogen-bond donors (Lipinski definition) is 0. The van der Waals surface area contributed by atoms with Crippen LogP contribution in [0, 0.1) is 5.92 Å². The number of rotatable bonds is 5. The second-order valence-corrected chi connectivity index (χ2v) is 3.97. The molecular weight excluding hydrogens is 152 g/mol. The van der Waals surface area contributed by atoms with Crippen LogP contribution in [-0.2, 0) is 9.47 Å². The fourth-order valence-electron chi connectivity index (χ4n) is 1.05. The smallest absolute Gasteiger partial charge is 0.0655 e. The molecule has 2 nitrogen and oxygen atoms in total. The molecular formula is C10H21O2. The van der Waals surface area contributed by atoms with Gasteiger partial charge in [-0.05, 0) is 19.8 Å². The molecule has 12 heavy (non-hydrogen) atoms. The van der Waals surface area contributed by atoms with E-state index in [1.807, 2.05) is 0 Å². The molecule has 2 heteroatoms. The van der Waals surface area contributed by atoms with Crippen LogP contribution in [0.4, 0.5) is 0 Å². The summed E-state index contributed by atoms with van der Waals surface area (Å²) in [5.41, 5.74) is -0.0993. The van der Waals surface area contributed by atoms with Crippen molar-refractivity contribution in [2.45, 2.75) is 45.8 Å². The molecule has 1 radical (unpaired) electrons. The lowest BCUT2D eigenvalue weighted by Gasteiger charge is -2.29. The van der Waals surface area contributed by atoms with Crippen molar-refractivity contribution in [3.05, 3.63) is 5.92 Å². The molecule has 0 fully saturated rings. The molecule has 0 bridgehead atoms. The Morgan fingerprint density at radius 3 is 2.00 bits per heavy atom. The van der Waals surface area contributed by atoms with Gasteiger partial charge in [0.1, 0.15) is 0 Å². The summed E-state index contributed by atoms with van der Waals surface area (Å²) in [5.74, 6) is 1.29. The molecule has 1 atom stereocenters. The van der Waals surface area contributed by atoms with Crippen molar-refractivity contribution in [3.63, 3.8) is 0 Å². The fourth-order valence-corrected chi connectivity index (χ4v) is 1.05. The van der Waals surface area contributed by atoms with Crippen molar-refractivity contribution in [1.82, 2.24) is 0 Å². The Bertz CT molecular complexity index is 119. The van der Waals surface area contributed by atoms with E-state index in [1.54, 1.807) is 14.2 Å². The summed E-state index contributed by atoms with van der Waals surface area (Å²) in [6, 6.07) is 0. The van der Waals surface area contributed by atoms with Crippen molar-refractivity contribution >= 4 is 0 Å². The SMILES string of the molecule is COC(CC(C)(C)OC)[C](C)C. The van der Waals surface area contributed by atoms with Crippen molar-refractivity contribution < 1.29 is 9.47 Å². The third-order valence-corrected chi connectivity index (χ3v) is 2.16. The number of hydrogen-bond acceptors (Lipinski definition) is 2. The van der Waals surface area contributed by atoms with E-state index in [-0.39, 0.29) is 11.7 Å². The lowest BCUT2D eigenvalue weighted by Crippen LogP contribution is -2.31. The summed E-state index contributed by atoms with van der Waals surface area (Å²) >= 11 is 0. The molecule has 0 spiro atoms. The van der Waals surface area contributed by atoms with Gasteiger partial charge in [0.15, 0.2) is 0 Å². The molecule has 0 aromatic heterocycles. The Labute approximate surface area is 76.3 Å². The van der Waals surface area contributed by atoms with Gasteiger partial charge in [0.05, 0.1) is 11.7 Å². The van der Waals surface area contributed by atoms with E-state index in [0.29, 0.717) is 0 Å². The molecule has 0 amide bonds. The Balaban J connectivity index is 4.01. The molecule has 0 saturated carbocycles. The van der Waals surface area contributed by atoms with Crippen LogP contribution in [0.1, 0.15) is 34.1 Å². The normalized spacial score (nSPS) is 15.2. The predicted molar refractivity (Wildman–Crippen MR) is 51.1 cm³/mol. The average Bonchev–Trinajstić information content (AvgIpc) is 2.00. The highest BCUT2D eigenvalue weighted by Crippen LogP contribution is 2.22. The van der Waals surface area contributed by atoms with Gasteiger partial charge in [0, 0.05) is 20.6 Å². The van der Waals surface area contributed by atoms with Gasteiger partial charge in [-0.2, -0.15) is 0 Å². The second-order valence-electron chi connectivity index (χ2n) is 3.97. The highest BCUT2D eigenvalue weighted by Gasteiger charge is 2.24. The third-order valence-electron chi connectivity index (χ3n) is 2.16. The van der Waals surface area contributed by atoms with Gasteiger partial charge in [-0.1, -0.05) is 13.8 Å². The first kappa shape index (κ1) is 11.9. The van der Waals surface area contributed by atoms with Gasteiger partial charge in [-0.15, -0.1) is 0 Å². The second kappa shape index (κ2) is 4.83. The largest absolute Gasteiger partial charge is 0.381 e. The minimum Gasteiger partial charge on any atom is -0.381 e. The number of ether oxygens (including phenoxy) is 2. The summed E-state index contributed by atoms with van der Waals surface area (Å²) in [5, 5.41) is 0.